The zero-order valence-electron chi connectivity index (χ0n) is 11.4. The van der Waals surface area contributed by atoms with Crippen molar-refractivity contribution < 1.29 is 9.59 Å². The monoisotopic (exact) mass is 278 g/mol. The Balaban J connectivity index is 1.67. The molecule has 2 aliphatic rings. The van der Waals surface area contributed by atoms with Crippen molar-refractivity contribution in [3.63, 3.8) is 0 Å². The number of aryl methyl sites for hydroxylation is 1. The number of H-pyrrole nitrogens is 1. The molecule has 0 spiro atoms. The van der Waals surface area contributed by atoms with E-state index in [1.165, 1.54) is 0 Å². The fourth-order valence-electron chi connectivity index (χ4n) is 2.67. The molecule has 2 saturated heterocycles. The Bertz CT molecular complexity index is 528. The third-order valence-corrected chi connectivity index (χ3v) is 3.73. The maximum atomic E-state index is 12.3. The van der Waals surface area contributed by atoms with Gasteiger partial charge in [0.15, 0.2) is 0 Å². The average Bonchev–Trinajstić information content (AvgIpc) is 3.06. The molecule has 2 fully saturated rings. The van der Waals surface area contributed by atoms with Gasteiger partial charge in [-0.15, -0.1) is 5.10 Å². The predicted molar refractivity (Wildman–Crippen MR) is 70.2 cm³/mol. The number of rotatable bonds is 3. The molecule has 3 amide bonds. The smallest absolute Gasteiger partial charge is 0.317 e. The van der Waals surface area contributed by atoms with Gasteiger partial charge in [0.05, 0.1) is 6.04 Å². The van der Waals surface area contributed by atoms with Crippen molar-refractivity contribution >= 4 is 11.9 Å². The van der Waals surface area contributed by atoms with Gasteiger partial charge in [0.1, 0.15) is 5.82 Å². The second-order valence-corrected chi connectivity index (χ2v) is 5.14. The van der Waals surface area contributed by atoms with Gasteiger partial charge in [0.2, 0.25) is 5.82 Å². The summed E-state index contributed by atoms with van der Waals surface area (Å²) >= 11 is 0. The molecule has 20 heavy (non-hydrogen) atoms. The van der Waals surface area contributed by atoms with Crippen molar-refractivity contribution in [2.75, 3.05) is 26.2 Å². The number of urea groups is 1. The zero-order valence-corrected chi connectivity index (χ0v) is 11.4. The number of amides is 3. The van der Waals surface area contributed by atoms with Crippen molar-refractivity contribution in [2.45, 2.75) is 25.8 Å². The molecule has 1 aromatic rings. The predicted octanol–water partition coefficient (Wildman–Crippen LogP) is -0.393. The first kappa shape index (κ1) is 12.9. The van der Waals surface area contributed by atoms with Gasteiger partial charge in [0.25, 0.3) is 5.91 Å². The highest BCUT2D eigenvalue weighted by molar-refractivity contribution is 5.90. The summed E-state index contributed by atoms with van der Waals surface area (Å²) in [5.74, 6) is 0.800. The van der Waals surface area contributed by atoms with E-state index >= 15 is 0 Å². The van der Waals surface area contributed by atoms with Crippen LogP contribution in [0.5, 0.6) is 0 Å². The Hall–Kier alpha value is -2.12. The van der Waals surface area contributed by atoms with E-state index in [0.29, 0.717) is 26.2 Å². The van der Waals surface area contributed by atoms with Crippen LogP contribution in [0.2, 0.25) is 0 Å². The van der Waals surface area contributed by atoms with Crippen molar-refractivity contribution in [2.24, 2.45) is 0 Å². The molecule has 3 rings (SSSR count). The Morgan fingerprint density at radius 2 is 2.30 bits per heavy atom. The SMILES string of the molecule is CCCc1nc(C(=O)N2CCN3C(=O)NCC3C2)n[nH]1. The molecule has 0 bridgehead atoms. The number of fused-ring (bicyclic) bond motifs is 1. The maximum Gasteiger partial charge on any atom is 0.317 e. The minimum Gasteiger partial charge on any atom is -0.336 e. The van der Waals surface area contributed by atoms with Crippen LogP contribution < -0.4 is 5.32 Å². The Kier molecular flexibility index (Phi) is 3.29. The number of aromatic amines is 1. The zero-order chi connectivity index (χ0) is 14.1. The van der Waals surface area contributed by atoms with Gasteiger partial charge >= 0.3 is 6.03 Å². The number of hydrogen-bond donors (Lipinski definition) is 2. The second kappa shape index (κ2) is 5.10. The molecule has 8 nitrogen and oxygen atoms in total. The molecule has 1 aromatic heterocycles. The van der Waals surface area contributed by atoms with Crippen LogP contribution in [0, 0.1) is 0 Å². The molecular weight excluding hydrogens is 260 g/mol. The first-order valence-corrected chi connectivity index (χ1v) is 6.94. The van der Waals surface area contributed by atoms with Gasteiger partial charge in [-0.3, -0.25) is 9.89 Å². The van der Waals surface area contributed by atoms with E-state index in [1.807, 2.05) is 6.92 Å². The summed E-state index contributed by atoms with van der Waals surface area (Å²) < 4.78 is 0. The lowest BCUT2D eigenvalue weighted by Gasteiger charge is -2.35. The molecule has 3 heterocycles. The highest BCUT2D eigenvalue weighted by Crippen LogP contribution is 2.15. The molecular formula is C12H18N6O2. The van der Waals surface area contributed by atoms with Gasteiger partial charge in [-0.25, -0.2) is 9.78 Å². The van der Waals surface area contributed by atoms with Crippen LogP contribution in [0.4, 0.5) is 4.79 Å². The van der Waals surface area contributed by atoms with Gasteiger partial charge in [0, 0.05) is 32.6 Å². The average molecular weight is 278 g/mol. The third-order valence-electron chi connectivity index (χ3n) is 3.73. The second-order valence-electron chi connectivity index (χ2n) is 5.14. The number of carbonyl (C=O) groups excluding carboxylic acids is 2. The minimum atomic E-state index is -0.164. The highest BCUT2D eigenvalue weighted by Gasteiger charge is 2.37. The molecule has 0 radical (unpaired) electrons. The topological polar surface area (TPSA) is 94.2 Å². The third kappa shape index (κ3) is 2.21. The van der Waals surface area contributed by atoms with E-state index in [9.17, 15) is 9.59 Å². The van der Waals surface area contributed by atoms with Crippen molar-refractivity contribution in [3.05, 3.63) is 11.6 Å². The summed E-state index contributed by atoms with van der Waals surface area (Å²) in [7, 11) is 0. The molecule has 2 aliphatic heterocycles. The number of nitrogens with one attached hydrogen (secondary N) is 2. The fourth-order valence-corrected chi connectivity index (χ4v) is 2.67. The summed E-state index contributed by atoms with van der Waals surface area (Å²) in [6.07, 6.45) is 1.74. The van der Waals surface area contributed by atoms with Crippen LogP contribution in [-0.4, -0.2) is 69.1 Å². The van der Waals surface area contributed by atoms with Crippen LogP contribution in [0.15, 0.2) is 0 Å². The normalized spacial score (nSPS) is 21.9. The lowest BCUT2D eigenvalue weighted by molar-refractivity contribution is 0.0605. The van der Waals surface area contributed by atoms with Crippen LogP contribution in [0.3, 0.4) is 0 Å². The van der Waals surface area contributed by atoms with Crippen LogP contribution in [-0.2, 0) is 6.42 Å². The number of hydrogen-bond acceptors (Lipinski definition) is 4. The number of aromatic nitrogens is 3. The summed E-state index contributed by atoms with van der Waals surface area (Å²) in [5, 5.41) is 9.57. The van der Waals surface area contributed by atoms with E-state index in [2.05, 4.69) is 20.5 Å². The van der Waals surface area contributed by atoms with Crippen molar-refractivity contribution in [3.8, 4) is 0 Å². The van der Waals surface area contributed by atoms with Crippen molar-refractivity contribution in [1.82, 2.24) is 30.3 Å². The Labute approximate surface area is 116 Å². The van der Waals surface area contributed by atoms with E-state index in [-0.39, 0.29) is 23.8 Å². The summed E-state index contributed by atoms with van der Waals surface area (Å²) in [5.41, 5.74) is 0. The van der Waals surface area contributed by atoms with Crippen molar-refractivity contribution in [1.29, 1.82) is 0 Å². The number of carbonyl (C=O) groups is 2. The summed E-state index contributed by atoms with van der Waals surface area (Å²) in [6.45, 7) is 4.27. The van der Waals surface area contributed by atoms with Crippen LogP contribution in [0.25, 0.3) is 0 Å². The van der Waals surface area contributed by atoms with E-state index < -0.39 is 0 Å². The van der Waals surface area contributed by atoms with Gasteiger partial charge in [-0.1, -0.05) is 6.92 Å². The van der Waals surface area contributed by atoms with Gasteiger partial charge in [-0.2, -0.15) is 0 Å². The highest BCUT2D eigenvalue weighted by atomic mass is 16.2. The molecule has 1 unspecified atom stereocenters. The first-order chi connectivity index (χ1) is 9.69. The summed E-state index contributed by atoms with van der Waals surface area (Å²) in [6, 6.07) is 0.0273. The van der Waals surface area contributed by atoms with E-state index in [1.54, 1.807) is 9.80 Å². The first-order valence-electron chi connectivity index (χ1n) is 6.94. The minimum absolute atomic E-state index is 0.0368. The molecule has 1 atom stereocenters. The lowest BCUT2D eigenvalue weighted by atomic mass is 10.2. The lowest BCUT2D eigenvalue weighted by Crippen LogP contribution is -2.53. The molecule has 0 aliphatic carbocycles. The van der Waals surface area contributed by atoms with Gasteiger partial charge in [-0.05, 0) is 6.42 Å². The molecule has 0 aromatic carbocycles. The quantitative estimate of drug-likeness (QED) is 0.787. The Morgan fingerprint density at radius 3 is 3.10 bits per heavy atom. The fraction of sp³-hybridized carbons (Fsp3) is 0.667. The van der Waals surface area contributed by atoms with E-state index in [0.717, 1.165) is 18.7 Å². The van der Waals surface area contributed by atoms with Crippen LogP contribution >= 0.6 is 0 Å². The molecule has 0 saturated carbocycles. The number of piperazine rings is 1. The summed E-state index contributed by atoms with van der Waals surface area (Å²) in [4.78, 5) is 31.6. The molecule has 2 N–H and O–H groups in total. The van der Waals surface area contributed by atoms with E-state index in [4.69, 9.17) is 0 Å². The largest absolute Gasteiger partial charge is 0.336 e. The van der Waals surface area contributed by atoms with Crippen LogP contribution in [0.1, 0.15) is 29.8 Å². The molecule has 108 valence electrons. The number of nitrogens with zero attached hydrogens (tertiary/aromatic N) is 4. The van der Waals surface area contributed by atoms with Gasteiger partial charge < -0.3 is 15.1 Å². The Morgan fingerprint density at radius 1 is 1.45 bits per heavy atom. The standard InChI is InChI=1S/C12H18N6O2/c1-2-3-9-14-10(16-15-9)11(19)17-4-5-18-8(7-17)6-13-12(18)20/h8H,2-7H2,1H3,(H,13,20)(H,14,15,16). The maximum absolute atomic E-state index is 12.3. The molecule has 8 heteroatoms.